The van der Waals surface area contributed by atoms with Gasteiger partial charge in [-0.15, -0.1) is 0 Å². The minimum atomic E-state index is -0.566. The summed E-state index contributed by atoms with van der Waals surface area (Å²) in [5.74, 6) is 0. The van der Waals surface area contributed by atoms with Gasteiger partial charge in [0.25, 0.3) is 0 Å². The van der Waals surface area contributed by atoms with Gasteiger partial charge in [-0.1, -0.05) is 51.1 Å². The predicted octanol–water partition coefficient (Wildman–Crippen LogP) is 3.30. The van der Waals surface area contributed by atoms with E-state index in [9.17, 15) is 5.11 Å². The molecule has 3 nitrogen and oxygen atoms in total. The zero-order valence-corrected chi connectivity index (χ0v) is 11.9. The molecule has 1 heterocycles. The Labute approximate surface area is 114 Å². The fraction of sp³-hybridized carbons (Fsp3) is 0.438. The molecule has 0 saturated carbocycles. The third kappa shape index (κ3) is 2.71. The minimum Gasteiger partial charge on any atom is -0.386 e. The Morgan fingerprint density at radius 3 is 2.53 bits per heavy atom. The first-order valence-corrected chi connectivity index (χ1v) is 6.82. The fourth-order valence-corrected chi connectivity index (χ4v) is 2.37. The predicted molar refractivity (Wildman–Crippen MR) is 76.9 cm³/mol. The Hall–Kier alpha value is -1.61. The molecule has 1 aromatic heterocycles. The molecule has 2 aromatic rings. The van der Waals surface area contributed by atoms with Gasteiger partial charge in [0, 0.05) is 18.2 Å². The average molecular weight is 258 g/mol. The van der Waals surface area contributed by atoms with Crippen molar-refractivity contribution in [3.63, 3.8) is 0 Å². The lowest BCUT2D eigenvalue weighted by Crippen LogP contribution is -2.28. The number of rotatable bonds is 5. The topological polar surface area (TPSA) is 38.0 Å². The van der Waals surface area contributed by atoms with Crippen molar-refractivity contribution in [3.05, 3.63) is 53.9 Å². The number of benzene rings is 1. The van der Waals surface area contributed by atoms with Gasteiger partial charge in [0.1, 0.15) is 6.10 Å². The van der Waals surface area contributed by atoms with Gasteiger partial charge >= 0.3 is 0 Å². The number of hydrogen-bond acceptors (Lipinski definition) is 2. The average Bonchev–Trinajstić information content (AvgIpc) is 2.87. The van der Waals surface area contributed by atoms with Crippen LogP contribution in [-0.2, 0) is 12.0 Å². The maximum Gasteiger partial charge on any atom is 0.105 e. The van der Waals surface area contributed by atoms with Crippen molar-refractivity contribution >= 4 is 0 Å². The summed E-state index contributed by atoms with van der Waals surface area (Å²) in [7, 11) is 0. The Kier molecular flexibility index (Phi) is 4.05. The molecule has 3 heteroatoms. The maximum absolute atomic E-state index is 10.7. The molecule has 0 aliphatic rings. The van der Waals surface area contributed by atoms with Crippen molar-refractivity contribution in [1.82, 2.24) is 9.78 Å². The van der Waals surface area contributed by atoms with E-state index >= 15 is 0 Å². The number of aliphatic hydroxyl groups is 1. The van der Waals surface area contributed by atoms with Crippen molar-refractivity contribution in [3.8, 4) is 0 Å². The monoisotopic (exact) mass is 258 g/mol. The van der Waals surface area contributed by atoms with Crippen LogP contribution in [-0.4, -0.2) is 14.9 Å². The van der Waals surface area contributed by atoms with Crippen LogP contribution in [0.15, 0.2) is 42.6 Å². The van der Waals surface area contributed by atoms with E-state index in [1.807, 2.05) is 28.9 Å². The molecule has 0 fully saturated rings. The van der Waals surface area contributed by atoms with Crippen LogP contribution in [0.2, 0.25) is 0 Å². The van der Waals surface area contributed by atoms with Gasteiger partial charge in [0.15, 0.2) is 0 Å². The SMILES string of the molecule is CCCn1nccc1C(O)C(C)(C)c1ccccc1. The zero-order chi connectivity index (χ0) is 13.9. The molecule has 0 saturated heterocycles. The highest BCUT2D eigenvalue weighted by Crippen LogP contribution is 2.36. The number of nitrogens with zero attached hydrogens (tertiary/aromatic N) is 2. The van der Waals surface area contributed by atoms with Crippen LogP contribution >= 0.6 is 0 Å². The molecule has 0 amide bonds. The third-order valence-electron chi connectivity index (χ3n) is 3.67. The fourth-order valence-electron chi connectivity index (χ4n) is 2.37. The van der Waals surface area contributed by atoms with Crippen molar-refractivity contribution in [1.29, 1.82) is 0 Å². The first-order valence-electron chi connectivity index (χ1n) is 6.82. The second-order valence-corrected chi connectivity index (χ2v) is 5.47. The number of aryl methyl sites for hydroxylation is 1. The van der Waals surface area contributed by atoms with E-state index in [-0.39, 0.29) is 5.41 Å². The summed E-state index contributed by atoms with van der Waals surface area (Å²) in [5, 5.41) is 15.0. The molecule has 0 radical (unpaired) electrons. The first-order chi connectivity index (χ1) is 9.07. The largest absolute Gasteiger partial charge is 0.386 e. The van der Waals surface area contributed by atoms with Crippen molar-refractivity contribution < 1.29 is 5.11 Å². The molecule has 19 heavy (non-hydrogen) atoms. The lowest BCUT2D eigenvalue weighted by Gasteiger charge is -2.31. The molecular formula is C16H22N2O. The molecule has 0 spiro atoms. The van der Waals surface area contributed by atoms with Gasteiger partial charge in [-0.3, -0.25) is 4.68 Å². The minimum absolute atomic E-state index is 0.340. The summed E-state index contributed by atoms with van der Waals surface area (Å²) >= 11 is 0. The summed E-state index contributed by atoms with van der Waals surface area (Å²) < 4.78 is 1.90. The van der Waals surface area contributed by atoms with Crippen LogP contribution in [0.1, 0.15) is 44.6 Å². The quantitative estimate of drug-likeness (QED) is 0.893. The van der Waals surface area contributed by atoms with Crippen molar-refractivity contribution in [2.24, 2.45) is 0 Å². The highest BCUT2D eigenvalue weighted by molar-refractivity contribution is 5.27. The summed E-state index contributed by atoms with van der Waals surface area (Å²) in [6, 6.07) is 12.0. The Morgan fingerprint density at radius 2 is 1.89 bits per heavy atom. The standard InChI is InChI=1S/C16H22N2O/c1-4-12-18-14(10-11-17-18)15(19)16(2,3)13-8-6-5-7-9-13/h5-11,15,19H,4,12H2,1-3H3. The summed E-state index contributed by atoms with van der Waals surface area (Å²) in [6.45, 7) is 7.08. The van der Waals surface area contributed by atoms with Crippen molar-refractivity contribution in [2.75, 3.05) is 0 Å². The Balaban J connectivity index is 2.32. The van der Waals surface area contributed by atoms with Gasteiger partial charge in [-0.05, 0) is 18.1 Å². The van der Waals surface area contributed by atoms with Gasteiger partial charge in [-0.25, -0.2) is 0 Å². The molecule has 1 N–H and O–H groups in total. The molecule has 1 atom stereocenters. The van der Waals surface area contributed by atoms with E-state index < -0.39 is 6.10 Å². The van der Waals surface area contributed by atoms with Crippen LogP contribution in [0.4, 0.5) is 0 Å². The highest BCUT2D eigenvalue weighted by atomic mass is 16.3. The van der Waals surface area contributed by atoms with Gasteiger partial charge in [-0.2, -0.15) is 5.10 Å². The summed E-state index contributed by atoms with van der Waals surface area (Å²) in [5.41, 5.74) is 1.68. The van der Waals surface area contributed by atoms with Crippen LogP contribution < -0.4 is 0 Å². The molecular weight excluding hydrogens is 236 g/mol. The number of aromatic nitrogens is 2. The van der Waals surface area contributed by atoms with E-state index in [0.29, 0.717) is 0 Å². The lowest BCUT2D eigenvalue weighted by molar-refractivity contribution is 0.0910. The highest BCUT2D eigenvalue weighted by Gasteiger charge is 2.32. The van der Waals surface area contributed by atoms with Crippen LogP contribution in [0.3, 0.4) is 0 Å². The summed E-state index contributed by atoms with van der Waals surface area (Å²) in [4.78, 5) is 0. The number of aliphatic hydroxyl groups excluding tert-OH is 1. The second-order valence-electron chi connectivity index (χ2n) is 5.47. The van der Waals surface area contributed by atoms with Gasteiger partial charge in [0.05, 0.1) is 5.69 Å². The van der Waals surface area contributed by atoms with E-state index in [4.69, 9.17) is 0 Å². The second kappa shape index (κ2) is 5.57. The molecule has 2 rings (SSSR count). The van der Waals surface area contributed by atoms with E-state index in [0.717, 1.165) is 24.2 Å². The van der Waals surface area contributed by atoms with E-state index in [1.54, 1.807) is 6.20 Å². The Bertz CT molecular complexity index is 517. The lowest BCUT2D eigenvalue weighted by atomic mass is 9.78. The Morgan fingerprint density at radius 1 is 1.21 bits per heavy atom. The third-order valence-corrected chi connectivity index (χ3v) is 3.67. The maximum atomic E-state index is 10.7. The molecule has 0 aliphatic carbocycles. The molecule has 0 bridgehead atoms. The molecule has 0 aliphatic heterocycles. The molecule has 1 unspecified atom stereocenters. The number of hydrogen-bond donors (Lipinski definition) is 1. The van der Waals surface area contributed by atoms with Gasteiger partial charge in [0.2, 0.25) is 0 Å². The zero-order valence-electron chi connectivity index (χ0n) is 11.9. The van der Waals surface area contributed by atoms with E-state index in [2.05, 4.69) is 38.0 Å². The summed E-state index contributed by atoms with van der Waals surface area (Å²) in [6.07, 6.45) is 2.20. The van der Waals surface area contributed by atoms with Gasteiger partial charge < -0.3 is 5.11 Å². The van der Waals surface area contributed by atoms with Crippen LogP contribution in [0, 0.1) is 0 Å². The van der Waals surface area contributed by atoms with E-state index in [1.165, 1.54) is 0 Å². The van der Waals surface area contributed by atoms with Crippen LogP contribution in [0.25, 0.3) is 0 Å². The molecule has 1 aromatic carbocycles. The smallest absolute Gasteiger partial charge is 0.105 e. The molecule has 102 valence electrons. The normalized spacial score (nSPS) is 13.5. The van der Waals surface area contributed by atoms with Crippen LogP contribution in [0.5, 0.6) is 0 Å². The first kappa shape index (κ1) is 13.8. The van der Waals surface area contributed by atoms with Crippen molar-refractivity contribution in [2.45, 2.75) is 45.3 Å².